The third-order valence-electron chi connectivity index (χ3n) is 9.79. The number of nitrogens with two attached hydrogens (primary N) is 3. The standard InChI is InChI=1S/C33H41N9O10S2/c1-32(2)27(29(44)42(32)52-54(47,48)49)38-28(43)26(22-17-53-31(36)37-22)39-51-33(3,30(45)46)24-8-5-20-12-19(4-7-23(20)50-24)21-6-9-25-40(11-10-34)14-18(13-35)15-41(25)16-21/h4,6-7,9,12,16-18,24,27H,5,8,10-11,13-15,34-35H2,1-3H3,(H4-,36,37,38,43,45,46,47,48,49)/b39-26-/t18?,24-,27-,33+/m1/s1. The number of carboxylic acids is 1. The number of oxime groups is 1. The minimum Gasteiger partial charge on any atom is -0.724 e. The van der Waals surface area contributed by atoms with Crippen LogP contribution in [0.2, 0.25) is 0 Å². The third-order valence-corrected chi connectivity index (χ3v) is 10.8. The highest BCUT2D eigenvalue weighted by Gasteiger charge is 2.58. The van der Waals surface area contributed by atoms with E-state index in [4.69, 9.17) is 26.8 Å². The van der Waals surface area contributed by atoms with Crippen LogP contribution in [0.15, 0.2) is 47.1 Å². The van der Waals surface area contributed by atoms with Gasteiger partial charge in [0, 0.05) is 36.0 Å². The maximum Gasteiger partial charge on any atom is 0.354 e. The highest BCUT2D eigenvalue weighted by atomic mass is 32.3. The number of β-lactam (4-membered cyclic amide) rings is 1. The van der Waals surface area contributed by atoms with E-state index in [0.717, 1.165) is 53.5 Å². The Bertz CT molecular complexity index is 2110. The van der Waals surface area contributed by atoms with Gasteiger partial charge in [0.1, 0.15) is 17.5 Å². The number of aryl methyl sites for hydroxylation is 1. The molecular formula is C33H41N9O10S2. The van der Waals surface area contributed by atoms with Crippen molar-refractivity contribution < 1.29 is 50.9 Å². The van der Waals surface area contributed by atoms with Gasteiger partial charge in [-0.2, -0.15) is 9.35 Å². The van der Waals surface area contributed by atoms with Crippen LogP contribution in [0.3, 0.4) is 0 Å². The van der Waals surface area contributed by atoms with Gasteiger partial charge < -0.3 is 41.8 Å². The maximum absolute atomic E-state index is 13.5. The van der Waals surface area contributed by atoms with Gasteiger partial charge >= 0.3 is 5.97 Å². The lowest BCUT2D eigenvalue weighted by atomic mass is 9.84. The Morgan fingerprint density at radius 1 is 1.26 bits per heavy atom. The first-order valence-electron chi connectivity index (χ1n) is 16.9. The SMILES string of the molecule is CC1(C)[C@H](NC(=O)/C(=N\O[C@](C)(C(=O)O)[C@H]2CCc3cc(-c4ccc5[n+](c4)CC(CN)CN5CCN)ccc3O2)c2csc(N)n2)C(=O)N1OS(=O)(=O)[O-]. The highest BCUT2D eigenvalue weighted by molar-refractivity contribution is 7.80. The van der Waals surface area contributed by atoms with E-state index in [1.54, 1.807) is 6.07 Å². The fourth-order valence-electron chi connectivity index (χ4n) is 6.74. The van der Waals surface area contributed by atoms with Crippen LogP contribution in [0.1, 0.15) is 38.4 Å². The topological polar surface area (TPSA) is 282 Å². The van der Waals surface area contributed by atoms with Crippen LogP contribution in [-0.2, 0) is 46.9 Å². The number of benzene rings is 1. The van der Waals surface area contributed by atoms with Crippen molar-refractivity contribution in [2.45, 2.75) is 63.4 Å². The van der Waals surface area contributed by atoms with Crippen molar-refractivity contribution in [1.29, 1.82) is 0 Å². The number of carboxylic acid groups (broad SMARTS) is 1. The molecule has 21 heteroatoms. The molecule has 0 saturated carbocycles. The third kappa shape index (κ3) is 7.54. The van der Waals surface area contributed by atoms with Gasteiger partial charge in [0.25, 0.3) is 23.2 Å². The number of carbonyl (C=O) groups is 3. The summed E-state index contributed by atoms with van der Waals surface area (Å²) in [4.78, 5) is 50.9. The number of aliphatic carboxylic acids is 1. The molecule has 2 aromatic heterocycles. The average molecular weight is 788 g/mol. The molecule has 1 aromatic carbocycles. The van der Waals surface area contributed by atoms with E-state index in [1.807, 2.05) is 18.2 Å². The van der Waals surface area contributed by atoms with E-state index in [2.05, 4.69) is 41.5 Å². The number of nitrogen functional groups attached to an aromatic ring is 1. The molecule has 5 heterocycles. The number of rotatable bonds is 13. The van der Waals surface area contributed by atoms with E-state index < -0.39 is 57.2 Å². The van der Waals surface area contributed by atoms with E-state index in [1.165, 1.54) is 26.2 Å². The number of pyridine rings is 1. The van der Waals surface area contributed by atoms with E-state index in [0.29, 0.717) is 30.3 Å². The second-order valence-electron chi connectivity index (χ2n) is 13.9. The largest absolute Gasteiger partial charge is 0.724 e. The zero-order valence-corrected chi connectivity index (χ0v) is 31.3. The summed E-state index contributed by atoms with van der Waals surface area (Å²) in [6.07, 6.45) is 1.69. The average Bonchev–Trinajstić information content (AvgIpc) is 3.56. The van der Waals surface area contributed by atoms with Crippen LogP contribution in [0, 0.1) is 5.92 Å². The van der Waals surface area contributed by atoms with Crippen LogP contribution >= 0.6 is 11.3 Å². The van der Waals surface area contributed by atoms with E-state index >= 15 is 0 Å². The van der Waals surface area contributed by atoms with Crippen LogP contribution in [0.25, 0.3) is 11.1 Å². The van der Waals surface area contributed by atoms with Gasteiger partial charge in [0.2, 0.25) is 10.4 Å². The minimum atomic E-state index is -5.28. The van der Waals surface area contributed by atoms with Gasteiger partial charge in [-0.3, -0.25) is 14.5 Å². The summed E-state index contributed by atoms with van der Waals surface area (Å²) in [7, 11) is -5.28. The molecule has 1 unspecified atom stereocenters. The molecule has 2 amide bonds. The Hall–Kier alpha value is -4.93. The molecule has 290 valence electrons. The van der Waals surface area contributed by atoms with Crippen molar-refractivity contribution in [2.24, 2.45) is 22.5 Å². The van der Waals surface area contributed by atoms with Crippen molar-refractivity contribution in [3.8, 4) is 16.9 Å². The van der Waals surface area contributed by atoms with E-state index in [-0.39, 0.29) is 23.2 Å². The number of nitrogens with zero attached hydrogens (tertiary/aromatic N) is 5. The van der Waals surface area contributed by atoms with Crippen LogP contribution in [0.4, 0.5) is 10.9 Å². The lowest BCUT2D eigenvalue weighted by molar-refractivity contribution is -0.694. The Balaban J connectivity index is 1.21. The fourth-order valence-corrected chi connectivity index (χ4v) is 7.74. The molecule has 0 bridgehead atoms. The number of aromatic nitrogens is 2. The summed E-state index contributed by atoms with van der Waals surface area (Å²) in [6.45, 7) is 7.39. The Kier molecular flexibility index (Phi) is 10.6. The number of ether oxygens (including phenoxy) is 1. The first-order valence-corrected chi connectivity index (χ1v) is 19.2. The Labute approximate surface area is 314 Å². The predicted molar refractivity (Wildman–Crippen MR) is 192 cm³/mol. The van der Waals surface area contributed by atoms with Crippen molar-refractivity contribution >= 4 is 56.2 Å². The number of amides is 2. The van der Waals surface area contributed by atoms with Gasteiger partial charge in [-0.25, -0.2) is 22.8 Å². The molecule has 1 saturated heterocycles. The summed E-state index contributed by atoms with van der Waals surface area (Å²) >= 11 is 0.965. The van der Waals surface area contributed by atoms with Crippen LogP contribution < -0.4 is 36.7 Å². The van der Waals surface area contributed by atoms with E-state index in [9.17, 15) is 32.5 Å². The number of carbonyl (C=O) groups excluding carboxylic acids is 2. The van der Waals surface area contributed by atoms with Crippen molar-refractivity contribution in [3.63, 3.8) is 0 Å². The molecule has 3 aromatic rings. The first kappa shape index (κ1) is 38.8. The smallest absolute Gasteiger partial charge is 0.354 e. The fraction of sp³-hybridized carbons (Fsp3) is 0.455. The number of nitrogens with one attached hydrogen (secondary N) is 1. The van der Waals surface area contributed by atoms with Crippen LogP contribution in [0.5, 0.6) is 5.75 Å². The summed E-state index contributed by atoms with van der Waals surface area (Å²) in [5.74, 6) is -1.67. The zero-order valence-electron chi connectivity index (χ0n) is 29.6. The second kappa shape index (κ2) is 14.7. The number of hydrogen-bond acceptors (Lipinski definition) is 16. The summed E-state index contributed by atoms with van der Waals surface area (Å²) in [5, 5.41) is 18.5. The number of fused-ring (bicyclic) bond motifs is 2. The molecular weight excluding hydrogens is 747 g/mol. The van der Waals surface area contributed by atoms with Gasteiger partial charge in [-0.15, -0.1) is 11.3 Å². The minimum absolute atomic E-state index is 0.0562. The molecule has 0 aliphatic carbocycles. The maximum atomic E-state index is 13.5. The molecule has 54 heavy (non-hydrogen) atoms. The van der Waals surface area contributed by atoms with Crippen molar-refractivity contribution in [2.75, 3.05) is 36.8 Å². The Morgan fingerprint density at radius 3 is 2.63 bits per heavy atom. The molecule has 4 atom stereocenters. The molecule has 0 radical (unpaired) electrons. The number of thiazole rings is 1. The summed E-state index contributed by atoms with van der Waals surface area (Å²) in [6, 6.07) is 8.42. The summed E-state index contributed by atoms with van der Waals surface area (Å²) < 4.78 is 45.9. The quantitative estimate of drug-likeness (QED) is 0.0364. The van der Waals surface area contributed by atoms with Gasteiger partial charge in [-0.1, -0.05) is 11.2 Å². The van der Waals surface area contributed by atoms with Crippen molar-refractivity contribution in [1.82, 2.24) is 15.4 Å². The molecule has 3 aliphatic heterocycles. The highest BCUT2D eigenvalue weighted by Crippen LogP contribution is 2.37. The van der Waals surface area contributed by atoms with Gasteiger partial charge in [0.05, 0.1) is 31.4 Å². The lowest BCUT2D eigenvalue weighted by Crippen LogP contribution is -2.76. The second-order valence-corrected chi connectivity index (χ2v) is 15.8. The lowest BCUT2D eigenvalue weighted by Gasteiger charge is -2.51. The molecule has 19 nitrogen and oxygen atoms in total. The van der Waals surface area contributed by atoms with Crippen molar-refractivity contribution in [3.05, 3.63) is 53.2 Å². The predicted octanol–water partition coefficient (Wildman–Crippen LogP) is -0.511. The van der Waals surface area contributed by atoms with Crippen LogP contribution in [-0.4, -0.2) is 101 Å². The Morgan fingerprint density at radius 2 is 2.00 bits per heavy atom. The summed E-state index contributed by atoms with van der Waals surface area (Å²) in [5.41, 5.74) is 16.3. The van der Waals surface area contributed by atoms with Gasteiger partial charge in [0.15, 0.2) is 16.9 Å². The molecule has 3 aliphatic rings. The molecule has 1 fully saturated rings. The monoisotopic (exact) mass is 787 g/mol. The number of anilines is 2. The molecule has 0 spiro atoms. The molecule has 8 N–H and O–H groups in total. The zero-order chi connectivity index (χ0) is 39.2. The normalized spacial score (nSPS) is 21.9. The first-order chi connectivity index (χ1) is 25.4. The number of hydroxylamine groups is 2. The van der Waals surface area contributed by atoms with Gasteiger partial charge in [-0.05, 0) is 62.9 Å². The molecule has 6 rings (SSSR count). The number of hydrogen-bond donors (Lipinski definition) is 5.